The van der Waals surface area contributed by atoms with E-state index in [1.54, 1.807) is 0 Å². The normalized spacial score (nSPS) is 12.6. The Bertz CT molecular complexity index is 311. The second kappa shape index (κ2) is 6.38. The van der Waals surface area contributed by atoms with Crippen LogP contribution >= 0.6 is 0 Å². The van der Waals surface area contributed by atoms with Crippen LogP contribution in [0.1, 0.15) is 27.2 Å². The molecule has 0 bridgehead atoms. The standard InChI is InChI=1S/C13H22N2O/c1-10(2)16-13-7-5-4-6-12(13)15-9-8-11(3)14/h4-7,10-11,15H,8-9,14H2,1-3H3. The molecule has 3 nitrogen and oxygen atoms in total. The van der Waals surface area contributed by atoms with Crippen LogP contribution in [-0.4, -0.2) is 18.7 Å². The van der Waals surface area contributed by atoms with Gasteiger partial charge < -0.3 is 15.8 Å². The number of hydrogen-bond donors (Lipinski definition) is 2. The first-order valence-electron chi connectivity index (χ1n) is 5.84. The SMILES string of the molecule is CC(N)CCNc1ccccc1OC(C)C. The summed E-state index contributed by atoms with van der Waals surface area (Å²) in [7, 11) is 0. The highest BCUT2D eigenvalue weighted by molar-refractivity contribution is 5.56. The van der Waals surface area contributed by atoms with Crippen LogP contribution in [0.15, 0.2) is 24.3 Å². The lowest BCUT2D eigenvalue weighted by Crippen LogP contribution is -2.19. The Balaban J connectivity index is 2.56. The molecule has 0 aliphatic heterocycles. The second-order valence-electron chi connectivity index (χ2n) is 4.36. The molecule has 0 saturated heterocycles. The lowest BCUT2D eigenvalue weighted by molar-refractivity contribution is 0.243. The van der Waals surface area contributed by atoms with E-state index in [9.17, 15) is 0 Å². The maximum atomic E-state index is 5.71. The van der Waals surface area contributed by atoms with Gasteiger partial charge in [-0.1, -0.05) is 12.1 Å². The molecule has 1 atom stereocenters. The van der Waals surface area contributed by atoms with E-state index in [0.717, 1.165) is 24.4 Å². The number of rotatable bonds is 6. The summed E-state index contributed by atoms with van der Waals surface area (Å²) >= 11 is 0. The van der Waals surface area contributed by atoms with E-state index in [1.807, 2.05) is 45.0 Å². The fraction of sp³-hybridized carbons (Fsp3) is 0.538. The molecule has 1 aromatic rings. The highest BCUT2D eigenvalue weighted by atomic mass is 16.5. The van der Waals surface area contributed by atoms with Crippen molar-refractivity contribution in [2.75, 3.05) is 11.9 Å². The van der Waals surface area contributed by atoms with Crippen LogP contribution < -0.4 is 15.8 Å². The molecular weight excluding hydrogens is 200 g/mol. The molecule has 0 aliphatic rings. The minimum absolute atomic E-state index is 0.191. The molecule has 90 valence electrons. The summed E-state index contributed by atoms with van der Waals surface area (Å²) < 4.78 is 5.71. The summed E-state index contributed by atoms with van der Waals surface area (Å²) in [5, 5.41) is 3.34. The Labute approximate surface area is 98.0 Å². The van der Waals surface area contributed by atoms with Crippen molar-refractivity contribution in [3.05, 3.63) is 24.3 Å². The molecule has 1 rings (SSSR count). The van der Waals surface area contributed by atoms with Crippen molar-refractivity contribution in [1.82, 2.24) is 0 Å². The van der Waals surface area contributed by atoms with E-state index in [1.165, 1.54) is 0 Å². The number of anilines is 1. The molecule has 3 N–H and O–H groups in total. The van der Waals surface area contributed by atoms with E-state index >= 15 is 0 Å². The van der Waals surface area contributed by atoms with Crippen molar-refractivity contribution in [1.29, 1.82) is 0 Å². The van der Waals surface area contributed by atoms with Gasteiger partial charge in [0, 0.05) is 12.6 Å². The molecule has 0 aliphatic carbocycles. The van der Waals surface area contributed by atoms with Gasteiger partial charge in [-0.05, 0) is 39.3 Å². The van der Waals surface area contributed by atoms with Gasteiger partial charge in [-0.25, -0.2) is 0 Å². The second-order valence-corrected chi connectivity index (χ2v) is 4.36. The van der Waals surface area contributed by atoms with E-state index in [0.29, 0.717) is 0 Å². The lowest BCUT2D eigenvalue weighted by atomic mass is 10.2. The van der Waals surface area contributed by atoms with Crippen molar-refractivity contribution >= 4 is 5.69 Å². The number of nitrogens with two attached hydrogens (primary N) is 1. The van der Waals surface area contributed by atoms with Crippen molar-refractivity contribution in [2.45, 2.75) is 39.3 Å². The van der Waals surface area contributed by atoms with Gasteiger partial charge >= 0.3 is 0 Å². The molecule has 0 amide bonds. The van der Waals surface area contributed by atoms with Crippen molar-refractivity contribution in [3.8, 4) is 5.75 Å². The molecule has 0 saturated carbocycles. The van der Waals surface area contributed by atoms with Gasteiger partial charge in [-0.15, -0.1) is 0 Å². The number of nitrogens with one attached hydrogen (secondary N) is 1. The maximum Gasteiger partial charge on any atom is 0.142 e. The third kappa shape index (κ3) is 4.53. The average molecular weight is 222 g/mol. The van der Waals surface area contributed by atoms with Gasteiger partial charge in [0.05, 0.1) is 11.8 Å². The molecule has 3 heteroatoms. The smallest absolute Gasteiger partial charge is 0.142 e. The summed E-state index contributed by atoms with van der Waals surface area (Å²) in [4.78, 5) is 0. The Kier molecular flexibility index (Phi) is 5.12. The molecule has 0 spiro atoms. The van der Waals surface area contributed by atoms with Gasteiger partial charge in [0.25, 0.3) is 0 Å². The van der Waals surface area contributed by atoms with Crippen LogP contribution in [0.5, 0.6) is 5.75 Å². The minimum Gasteiger partial charge on any atom is -0.489 e. The van der Waals surface area contributed by atoms with E-state index < -0.39 is 0 Å². The predicted molar refractivity (Wildman–Crippen MR) is 69.0 cm³/mol. The first-order valence-corrected chi connectivity index (χ1v) is 5.84. The average Bonchev–Trinajstić information content (AvgIpc) is 2.19. The van der Waals surface area contributed by atoms with Gasteiger partial charge in [0.2, 0.25) is 0 Å². The molecule has 1 aromatic carbocycles. The summed E-state index contributed by atoms with van der Waals surface area (Å²) in [5.74, 6) is 0.905. The summed E-state index contributed by atoms with van der Waals surface area (Å²) in [6.45, 7) is 6.94. The molecule has 1 unspecified atom stereocenters. The van der Waals surface area contributed by atoms with Gasteiger partial charge in [0.15, 0.2) is 0 Å². The van der Waals surface area contributed by atoms with Crippen LogP contribution in [0.3, 0.4) is 0 Å². The Morgan fingerprint density at radius 1 is 1.25 bits per heavy atom. The molecule has 16 heavy (non-hydrogen) atoms. The Morgan fingerprint density at radius 3 is 2.56 bits per heavy atom. The van der Waals surface area contributed by atoms with Crippen molar-refractivity contribution in [3.63, 3.8) is 0 Å². The van der Waals surface area contributed by atoms with Gasteiger partial charge in [-0.2, -0.15) is 0 Å². The molecule has 0 aromatic heterocycles. The Hall–Kier alpha value is -1.22. The quantitative estimate of drug-likeness (QED) is 0.778. The summed E-state index contributed by atoms with van der Waals surface area (Å²) in [6.07, 6.45) is 1.15. The first kappa shape index (κ1) is 12.8. The number of hydrogen-bond acceptors (Lipinski definition) is 3. The molecule has 0 fully saturated rings. The van der Waals surface area contributed by atoms with Crippen LogP contribution in [0.25, 0.3) is 0 Å². The van der Waals surface area contributed by atoms with Crippen molar-refractivity contribution in [2.24, 2.45) is 5.73 Å². The van der Waals surface area contributed by atoms with Crippen LogP contribution in [0.4, 0.5) is 5.69 Å². The fourth-order valence-electron chi connectivity index (χ4n) is 1.40. The largest absolute Gasteiger partial charge is 0.489 e. The fourth-order valence-corrected chi connectivity index (χ4v) is 1.40. The zero-order valence-corrected chi connectivity index (χ0v) is 10.4. The number of ether oxygens (including phenoxy) is 1. The van der Waals surface area contributed by atoms with Crippen LogP contribution in [0.2, 0.25) is 0 Å². The number of benzene rings is 1. The monoisotopic (exact) mass is 222 g/mol. The topological polar surface area (TPSA) is 47.3 Å². The van der Waals surface area contributed by atoms with E-state index in [-0.39, 0.29) is 12.1 Å². The van der Waals surface area contributed by atoms with Crippen LogP contribution in [0, 0.1) is 0 Å². The van der Waals surface area contributed by atoms with Gasteiger partial charge in [0.1, 0.15) is 5.75 Å². The zero-order chi connectivity index (χ0) is 12.0. The zero-order valence-electron chi connectivity index (χ0n) is 10.4. The third-order valence-electron chi connectivity index (χ3n) is 2.16. The summed E-state index contributed by atoms with van der Waals surface area (Å²) in [6, 6.07) is 8.22. The van der Waals surface area contributed by atoms with Gasteiger partial charge in [-0.3, -0.25) is 0 Å². The molecule has 0 heterocycles. The molecular formula is C13H22N2O. The predicted octanol–water partition coefficient (Wildman–Crippen LogP) is 2.62. The van der Waals surface area contributed by atoms with E-state index in [4.69, 9.17) is 10.5 Å². The van der Waals surface area contributed by atoms with Crippen LogP contribution in [-0.2, 0) is 0 Å². The molecule has 0 radical (unpaired) electrons. The lowest BCUT2D eigenvalue weighted by Gasteiger charge is -2.15. The minimum atomic E-state index is 0.191. The first-order chi connectivity index (χ1) is 7.59. The maximum absolute atomic E-state index is 5.71. The Morgan fingerprint density at radius 2 is 1.94 bits per heavy atom. The van der Waals surface area contributed by atoms with E-state index in [2.05, 4.69) is 5.32 Å². The summed E-state index contributed by atoms with van der Waals surface area (Å²) in [5.41, 5.74) is 6.74. The highest BCUT2D eigenvalue weighted by Crippen LogP contribution is 2.24. The number of para-hydroxylation sites is 2. The van der Waals surface area contributed by atoms with Crippen molar-refractivity contribution < 1.29 is 4.74 Å². The highest BCUT2D eigenvalue weighted by Gasteiger charge is 2.04. The third-order valence-corrected chi connectivity index (χ3v) is 2.16.